The highest BCUT2D eigenvalue weighted by molar-refractivity contribution is 5.65. The highest BCUT2D eigenvalue weighted by Crippen LogP contribution is 2.27. The molecule has 0 aromatic rings. The van der Waals surface area contributed by atoms with E-state index in [9.17, 15) is 4.79 Å². The Hall–Kier alpha value is -0.610. The lowest BCUT2D eigenvalue weighted by Crippen LogP contribution is -2.28. The summed E-state index contributed by atoms with van der Waals surface area (Å²) < 4.78 is 16.0. The number of carbonyl (C=O) groups is 1. The van der Waals surface area contributed by atoms with E-state index in [0.29, 0.717) is 6.61 Å². The van der Waals surface area contributed by atoms with Crippen LogP contribution in [0.2, 0.25) is 0 Å². The number of rotatable bonds is 4. The van der Waals surface area contributed by atoms with Crippen molar-refractivity contribution >= 4 is 5.97 Å². The molecule has 1 aliphatic rings. The topological polar surface area (TPSA) is 44.8 Å². The van der Waals surface area contributed by atoms with E-state index in [-0.39, 0.29) is 18.7 Å². The third kappa shape index (κ3) is 3.27. The van der Waals surface area contributed by atoms with E-state index < -0.39 is 5.79 Å². The SMILES string of the molecule is CCC[C@]1(C)OC[C@H](COC(C)=O)O1. The van der Waals surface area contributed by atoms with Crippen molar-refractivity contribution in [1.29, 1.82) is 0 Å². The maximum absolute atomic E-state index is 10.6. The van der Waals surface area contributed by atoms with Gasteiger partial charge in [0, 0.05) is 13.3 Å². The maximum atomic E-state index is 10.6. The monoisotopic (exact) mass is 202 g/mol. The Morgan fingerprint density at radius 1 is 1.64 bits per heavy atom. The van der Waals surface area contributed by atoms with Gasteiger partial charge in [0.05, 0.1) is 6.61 Å². The summed E-state index contributed by atoms with van der Waals surface area (Å²) in [6.07, 6.45) is 1.76. The molecule has 0 spiro atoms. The van der Waals surface area contributed by atoms with E-state index in [2.05, 4.69) is 6.92 Å². The van der Waals surface area contributed by atoms with Gasteiger partial charge < -0.3 is 14.2 Å². The van der Waals surface area contributed by atoms with Crippen molar-refractivity contribution in [2.24, 2.45) is 0 Å². The second-order valence-electron chi connectivity index (χ2n) is 3.74. The van der Waals surface area contributed by atoms with Crippen molar-refractivity contribution in [3.8, 4) is 0 Å². The second-order valence-corrected chi connectivity index (χ2v) is 3.74. The molecular weight excluding hydrogens is 184 g/mol. The lowest BCUT2D eigenvalue weighted by molar-refractivity contribution is -0.168. The Labute approximate surface area is 84.5 Å². The number of esters is 1. The minimum atomic E-state index is -0.487. The molecule has 0 aliphatic carbocycles. The third-order valence-electron chi connectivity index (χ3n) is 2.17. The Bertz CT molecular complexity index is 204. The van der Waals surface area contributed by atoms with Gasteiger partial charge in [0.15, 0.2) is 5.79 Å². The molecule has 0 saturated carbocycles. The standard InChI is InChI=1S/C10H18O4/c1-4-5-10(3)13-7-9(14-10)6-12-8(2)11/h9H,4-7H2,1-3H3/t9-,10+/m0/s1. The third-order valence-corrected chi connectivity index (χ3v) is 2.17. The summed E-state index contributed by atoms with van der Waals surface area (Å²) >= 11 is 0. The molecule has 0 N–H and O–H groups in total. The molecule has 1 heterocycles. The molecule has 0 amide bonds. The first-order chi connectivity index (χ1) is 6.56. The number of hydrogen-bond acceptors (Lipinski definition) is 4. The molecule has 0 bridgehead atoms. The Morgan fingerprint density at radius 3 is 2.93 bits per heavy atom. The van der Waals surface area contributed by atoms with Crippen LogP contribution >= 0.6 is 0 Å². The van der Waals surface area contributed by atoms with E-state index in [1.807, 2.05) is 6.92 Å². The molecular formula is C10H18O4. The zero-order chi connectivity index (χ0) is 10.6. The molecule has 82 valence electrons. The zero-order valence-corrected chi connectivity index (χ0v) is 9.04. The fraction of sp³-hybridized carbons (Fsp3) is 0.900. The van der Waals surface area contributed by atoms with Gasteiger partial charge in [0.2, 0.25) is 0 Å². The van der Waals surface area contributed by atoms with Gasteiger partial charge >= 0.3 is 5.97 Å². The fourth-order valence-electron chi connectivity index (χ4n) is 1.57. The van der Waals surface area contributed by atoms with Crippen LogP contribution in [0.3, 0.4) is 0 Å². The van der Waals surface area contributed by atoms with Crippen LogP contribution in [0.15, 0.2) is 0 Å². The average Bonchev–Trinajstić information content (AvgIpc) is 2.45. The van der Waals surface area contributed by atoms with Crippen LogP contribution in [-0.4, -0.2) is 31.1 Å². The van der Waals surface area contributed by atoms with Crippen molar-refractivity contribution < 1.29 is 19.0 Å². The summed E-state index contributed by atoms with van der Waals surface area (Å²) in [5.41, 5.74) is 0. The normalized spacial score (nSPS) is 31.8. The highest BCUT2D eigenvalue weighted by Gasteiger charge is 2.36. The van der Waals surface area contributed by atoms with Crippen LogP contribution in [0.1, 0.15) is 33.6 Å². The van der Waals surface area contributed by atoms with Crippen molar-refractivity contribution in [3.63, 3.8) is 0 Å². The Balaban J connectivity index is 2.29. The molecule has 1 rings (SSSR count). The number of ether oxygens (including phenoxy) is 3. The van der Waals surface area contributed by atoms with Crippen molar-refractivity contribution in [3.05, 3.63) is 0 Å². The molecule has 4 nitrogen and oxygen atoms in total. The van der Waals surface area contributed by atoms with E-state index in [1.165, 1.54) is 6.92 Å². The summed E-state index contributed by atoms with van der Waals surface area (Å²) in [5.74, 6) is -0.766. The van der Waals surface area contributed by atoms with E-state index in [0.717, 1.165) is 12.8 Å². The molecule has 2 atom stereocenters. The molecule has 0 radical (unpaired) electrons. The van der Waals surface area contributed by atoms with Crippen LogP contribution in [0.25, 0.3) is 0 Å². The molecule has 4 heteroatoms. The first-order valence-corrected chi connectivity index (χ1v) is 5.01. The van der Waals surface area contributed by atoms with E-state index >= 15 is 0 Å². The van der Waals surface area contributed by atoms with E-state index in [4.69, 9.17) is 14.2 Å². The summed E-state index contributed by atoms with van der Waals surface area (Å²) in [6.45, 7) is 6.18. The largest absolute Gasteiger partial charge is 0.463 e. The molecule has 0 unspecified atom stereocenters. The molecule has 0 aromatic carbocycles. The van der Waals surface area contributed by atoms with Crippen LogP contribution in [-0.2, 0) is 19.0 Å². The van der Waals surface area contributed by atoms with Gasteiger partial charge in [-0.2, -0.15) is 0 Å². The van der Waals surface area contributed by atoms with Gasteiger partial charge in [0.25, 0.3) is 0 Å². The number of hydrogen-bond donors (Lipinski definition) is 0. The van der Waals surface area contributed by atoms with Gasteiger partial charge in [-0.15, -0.1) is 0 Å². The molecule has 1 fully saturated rings. The highest BCUT2D eigenvalue weighted by atomic mass is 16.7. The molecule has 14 heavy (non-hydrogen) atoms. The van der Waals surface area contributed by atoms with Crippen molar-refractivity contribution in [2.45, 2.75) is 45.5 Å². The minimum Gasteiger partial charge on any atom is -0.463 e. The number of carbonyl (C=O) groups excluding carboxylic acids is 1. The van der Waals surface area contributed by atoms with Crippen molar-refractivity contribution in [2.75, 3.05) is 13.2 Å². The molecule has 1 aliphatic heterocycles. The van der Waals surface area contributed by atoms with Crippen LogP contribution < -0.4 is 0 Å². The van der Waals surface area contributed by atoms with Gasteiger partial charge in [-0.3, -0.25) is 4.79 Å². The predicted molar refractivity (Wildman–Crippen MR) is 50.8 cm³/mol. The first-order valence-electron chi connectivity index (χ1n) is 5.01. The van der Waals surface area contributed by atoms with Gasteiger partial charge in [0.1, 0.15) is 12.7 Å². The first kappa shape index (κ1) is 11.5. The summed E-state index contributed by atoms with van der Waals surface area (Å²) in [7, 11) is 0. The maximum Gasteiger partial charge on any atom is 0.302 e. The summed E-state index contributed by atoms with van der Waals surface area (Å²) in [4.78, 5) is 10.6. The van der Waals surface area contributed by atoms with Gasteiger partial charge in [-0.05, 0) is 6.92 Å². The summed E-state index contributed by atoms with van der Waals surface area (Å²) in [5, 5.41) is 0. The van der Waals surface area contributed by atoms with E-state index in [1.54, 1.807) is 0 Å². The molecule has 1 saturated heterocycles. The van der Waals surface area contributed by atoms with Crippen LogP contribution in [0.5, 0.6) is 0 Å². The lowest BCUT2D eigenvalue weighted by Gasteiger charge is -2.22. The van der Waals surface area contributed by atoms with Crippen LogP contribution in [0.4, 0.5) is 0 Å². The summed E-state index contributed by atoms with van der Waals surface area (Å²) in [6, 6.07) is 0. The smallest absolute Gasteiger partial charge is 0.302 e. The average molecular weight is 202 g/mol. The quantitative estimate of drug-likeness (QED) is 0.648. The lowest BCUT2D eigenvalue weighted by atomic mass is 10.2. The minimum absolute atomic E-state index is 0.115. The van der Waals surface area contributed by atoms with Gasteiger partial charge in [-0.1, -0.05) is 13.3 Å². The predicted octanol–water partition coefficient (Wildman–Crippen LogP) is 1.48. The van der Waals surface area contributed by atoms with Crippen LogP contribution in [0, 0.1) is 0 Å². The second kappa shape index (κ2) is 4.75. The van der Waals surface area contributed by atoms with Crippen molar-refractivity contribution in [1.82, 2.24) is 0 Å². The molecule has 0 aromatic heterocycles. The van der Waals surface area contributed by atoms with Gasteiger partial charge in [-0.25, -0.2) is 0 Å². The zero-order valence-electron chi connectivity index (χ0n) is 9.04. The fourth-order valence-corrected chi connectivity index (χ4v) is 1.57. The Morgan fingerprint density at radius 2 is 2.36 bits per heavy atom. The Kier molecular flexibility index (Phi) is 3.89.